The lowest BCUT2D eigenvalue weighted by molar-refractivity contribution is 0.0999. The van der Waals surface area contributed by atoms with Crippen LogP contribution >= 0.6 is 0 Å². The number of nitrogens with zero attached hydrogens (tertiary/aromatic N) is 1. The van der Waals surface area contributed by atoms with Gasteiger partial charge in [0.05, 0.1) is 18.3 Å². The molecule has 2 amide bonds. The van der Waals surface area contributed by atoms with Gasteiger partial charge in [0.15, 0.2) is 5.76 Å². The number of nitrogens with one attached hydrogen (secondary N) is 2. The molecule has 2 N–H and O–H groups in total. The van der Waals surface area contributed by atoms with Crippen molar-refractivity contribution in [3.63, 3.8) is 0 Å². The smallest absolute Gasteiger partial charge is 0.315 e. The first-order valence-electron chi connectivity index (χ1n) is 8.30. The van der Waals surface area contributed by atoms with E-state index < -0.39 is 0 Å². The molecule has 6 nitrogen and oxygen atoms in total. The fourth-order valence-electron chi connectivity index (χ4n) is 2.78. The second kappa shape index (κ2) is 7.49. The minimum absolute atomic E-state index is 0.0339. The third-order valence-electron chi connectivity index (χ3n) is 4.13. The number of hydrogen-bond donors (Lipinski definition) is 2. The Bertz CT molecular complexity index is 669. The highest BCUT2D eigenvalue weighted by atomic mass is 16.5. The van der Waals surface area contributed by atoms with Crippen molar-refractivity contribution in [2.45, 2.75) is 44.9 Å². The molecular formula is C18H23N3O3. The first-order chi connectivity index (χ1) is 11.6. The number of rotatable bonds is 5. The second-order valence-electron chi connectivity index (χ2n) is 6.30. The lowest BCUT2D eigenvalue weighted by Crippen LogP contribution is -2.43. The van der Waals surface area contributed by atoms with Crippen LogP contribution in [0.2, 0.25) is 0 Å². The van der Waals surface area contributed by atoms with Crippen LogP contribution in [0.4, 0.5) is 4.79 Å². The van der Waals surface area contributed by atoms with Crippen molar-refractivity contribution in [1.29, 1.82) is 0 Å². The number of urea groups is 1. The SMILES string of the molecule is CC(C)c1cc(CNC(=O)NC2CCOC2c2ccccc2)on1. The maximum atomic E-state index is 12.2. The molecular weight excluding hydrogens is 306 g/mol. The van der Waals surface area contributed by atoms with Gasteiger partial charge in [-0.3, -0.25) is 0 Å². The summed E-state index contributed by atoms with van der Waals surface area (Å²) in [7, 11) is 0. The molecule has 0 radical (unpaired) electrons. The van der Waals surface area contributed by atoms with Crippen LogP contribution in [0.25, 0.3) is 0 Å². The molecule has 1 saturated heterocycles. The summed E-state index contributed by atoms with van der Waals surface area (Å²) >= 11 is 0. The van der Waals surface area contributed by atoms with Gasteiger partial charge in [-0.05, 0) is 17.9 Å². The first kappa shape index (κ1) is 16.5. The number of carbonyl (C=O) groups excluding carboxylic acids is 1. The molecule has 2 unspecified atom stereocenters. The molecule has 24 heavy (non-hydrogen) atoms. The molecule has 1 aromatic carbocycles. The Morgan fingerprint density at radius 1 is 1.33 bits per heavy atom. The fraction of sp³-hybridized carbons (Fsp3) is 0.444. The topological polar surface area (TPSA) is 76.4 Å². The van der Waals surface area contributed by atoms with Gasteiger partial charge in [0.2, 0.25) is 0 Å². The van der Waals surface area contributed by atoms with Gasteiger partial charge in [0.1, 0.15) is 6.10 Å². The van der Waals surface area contributed by atoms with E-state index in [0.717, 1.165) is 17.7 Å². The van der Waals surface area contributed by atoms with E-state index in [1.54, 1.807) is 0 Å². The van der Waals surface area contributed by atoms with E-state index >= 15 is 0 Å². The molecule has 3 rings (SSSR count). The summed E-state index contributed by atoms with van der Waals surface area (Å²) in [6.45, 7) is 5.05. The van der Waals surface area contributed by atoms with Crippen molar-refractivity contribution in [3.8, 4) is 0 Å². The molecule has 1 aliphatic heterocycles. The van der Waals surface area contributed by atoms with E-state index in [1.165, 1.54) is 0 Å². The Labute approximate surface area is 141 Å². The predicted molar refractivity (Wildman–Crippen MR) is 89.5 cm³/mol. The Morgan fingerprint density at radius 3 is 2.83 bits per heavy atom. The number of aromatic nitrogens is 1. The van der Waals surface area contributed by atoms with Crippen molar-refractivity contribution < 1.29 is 14.1 Å². The summed E-state index contributed by atoms with van der Waals surface area (Å²) in [5.41, 5.74) is 1.97. The van der Waals surface area contributed by atoms with Crippen LogP contribution in [0.1, 0.15) is 49.3 Å². The summed E-state index contributed by atoms with van der Waals surface area (Å²) in [4.78, 5) is 12.2. The maximum Gasteiger partial charge on any atom is 0.315 e. The van der Waals surface area contributed by atoms with Crippen molar-refractivity contribution in [2.75, 3.05) is 6.61 Å². The Kier molecular flexibility index (Phi) is 5.15. The lowest BCUT2D eigenvalue weighted by Gasteiger charge is -2.20. The van der Waals surface area contributed by atoms with Crippen LogP contribution in [0.5, 0.6) is 0 Å². The van der Waals surface area contributed by atoms with Crippen LogP contribution in [-0.2, 0) is 11.3 Å². The molecule has 128 valence electrons. The molecule has 1 fully saturated rings. The van der Waals surface area contributed by atoms with Gasteiger partial charge < -0.3 is 19.9 Å². The van der Waals surface area contributed by atoms with Gasteiger partial charge >= 0.3 is 6.03 Å². The predicted octanol–water partition coefficient (Wildman–Crippen LogP) is 3.13. The molecule has 0 aliphatic carbocycles. The average Bonchev–Trinajstić information content (AvgIpc) is 3.23. The zero-order valence-electron chi connectivity index (χ0n) is 14.0. The van der Waals surface area contributed by atoms with E-state index in [4.69, 9.17) is 9.26 Å². The van der Waals surface area contributed by atoms with Crippen molar-refractivity contribution >= 4 is 6.03 Å². The first-order valence-corrected chi connectivity index (χ1v) is 8.30. The largest absolute Gasteiger partial charge is 0.371 e. The molecule has 0 spiro atoms. The van der Waals surface area contributed by atoms with E-state index in [2.05, 4.69) is 15.8 Å². The van der Waals surface area contributed by atoms with Gasteiger partial charge in [-0.2, -0.15) is 0 Å². The molecule has 0 saturated carbocycles. The molecule has 2 aromatic rings. The van der Waals surface area contributed by atoms with E-state index in [-0.39, 0.29) is 18.2 Å². The normalized spacial score (nSPS) is 20.3. The van der Waals surface area contributed by atoms with E-state index in [1.807, 2.05) is 50.2 Å². The van der Waals surface area contributed by atoms with Crippen molar-refractivity contribution in [1.82, 2.24) is 15.8 Å². The van der Waals surface area contributed by atoms with Crippen molar-refractivity contribution in [3.05, 3.63) is 53.4 Å². The highest BCUT2D eigenvalue weighted by Crippen LogP contribution is 2.28. The second-order valence-corrected chi connectivity index (χ2v) is 6.30. The van der Waals surface area contributed by atoms with Gasteiger partial charge in [-0.1, -0.05) is 49.3 Å². The van der Waals surface area contributed by atoms with Crippen LogP contribution < -0.4 is 10.6 Å². The minimum atomic E-state index is -0.228. The van der Waals surface area contributed by atoms with Crippen molar-refractivity contribution in [2.24, 2.45) is 0 Å². The van der Waals surface area contributed by atoms with E-state index in [0.29, 0.717) is 24.8 Å². The minimum Gasteiger partial charge on any atom is -0.371 e. The maximum absolute atomic E-state index is 12.2. The van der Waals surface area contributed by atoms with Gasteiger partial charge in [0.25, 0.3) is 0 Å². The molecule has 2 atom stereocenters. The molecule has 6 heteroatoms. The highest BCUT2D eigenvalue weighted by Gasteiger charge is 2.30. The monoisotopic (exact) mass is 329 g/mol. The standard InChI is InChI=1S/C18H23N3O3/c1-12(2)16-10-14(24-21-16)11-19-18(22)20-15-8-9-23-17(15)13-6-4-3-5-7-13/h3-7,10,12,15,17H,8-9,11H2,1-2H3,(H2,19,20,22). The summed E-state index contributed by atoms with van der Waals surface area (Å²) in [5, 5.41) is 9.78. The summed E-state index contributed by atoms with van der Waals surface area (Å²) in [6.07, 6.45) is 0.696. The van der Waals surface area contributed by atoms with Crippen LogP contribution in [0.3, 0.4) is 0 Å². The Balaban J connectivity index is 1.52. The average molecular weight is 329 g/mol. The third-order valence-corrected chi connectivity index (χ3v) is 4.13. The summed E-state index contributed by atoms with van der Waals surface area (Å²) in [5.74, 6) is 0.953. The fourth-order valence-corrected chi connectivity index (χ4v) is 2.78. The number of hydrogen-bond acceptors (Lipinski definition) is 4. The zero-order valence-corrected chi connectivity index (χ0v) is 14.0. The quantitative estimate of drug-likeness (QED) is 0.883. The number of benzene rings is 1. The third kappa shape index (κ3) is 3.94. The summed E-state index contributed by atoms with van der Waals surface area (Å²) in [6, 6.07) is 11.6. The van der Waals surface area contributed by atoms with Gasteiger partial charge in [-0.25, -0.2) is 4.79 Å². The zero-order chi connectivity index (χ0) is 16.9. The van der Waals surface area contributed by atoms with Crippen LogP contribution in [-0.4, -0.2) is 23.8 Å². The molecule has 0 bridgehead atoms. The number of carbonyl (C=O) groups is 1. The number of ether oxygens (including phenoxy) is 1. The van der Waals surface area contributed by atoms with E-state index in [9.17, 15) is 4.79 Å². The molecule has 1 aliphatic rings. The van der Waals surface area contributed by atoms with Gasteiger partial charge in [0, 0.05) is 12.7 Å². The molecule has 1 aromatic heterocycles. The Morgan fingerprint density at radius 2 is 2.12 bits per heavy atom. The van der Waals surface area contributed by atoms with Gasteiger partial charge in [-0.15, -0.1) is 0 Å². The Hall–Kier alpha value is -2.34. The molecule has 2 heterocycles. The van der Waals surface area contributed by atoms with Crippen LogP contribution in [0, 0.1) is 0 Å². The number of amides is 2. The summed E-state index contributed by atoms with van der Waals surface area (Å²) < 4.78 is 11.0. The lowest BCUT2D eigenvalue weighted by atomic mass is 10.0. The highest BCUT2D eigenvalue weighted by molar-refractivity contribution is 5.74. The van der Waals surface area contributed by atoms with Crippen LogP contribution in [0.15, 0.2) is 40.9 Å².